The number of hydrogen-bond acceptors (Lipinski definition) is 6. The molecule has 3 aromatic carbocycles. The molecule has 0 radical (unpaired) electrons. The molecular weight excluding hydrogens is 420 g/mol. The van der Waals surface area contributed by atoms with Gasteiger partial charge >= 0.3 is 0 Å². The molecule has 0 spiro atoms. The van der Waals surface area contributed by atoms with E-state index in [0.29, 0.717) is 6.42 Å². The van der Waals surface area contributed by atoms with E-state index in [1.807, 2.05) is 78.9 Å². The molecule has 1 aliphatic rings. The van der Waals surface area contributed by atoms with Gasteiger partial charge in [-0.15, -0.1) is 0 Å². The molecule has 0 aliphatic carbocycles. The number of hydrogen-bond donors (Lipinski definition) is 1. The van der Waals surface area contributed by atoms with Crippen molar-refractivity contribution in [3.63, 3.8) is 0 Å². The standard InChI is InChI=1S/C27H30O6/c1-29-22-13-9-20(10-14-22)27(19-7-5-4-6-8-19,21-11-15-23(30-2)16-12-21)32-18-25-24(28)17-26(31-3)33-25/h4-16,24-26,28H,17-18H2,1-3H3/t24-,25+,26+/m0/s1. The predicted octanol–water partition coefficient (Wildman–Crippen LogP) is 4.13. The maximum atomic E-state index is 10.5. The van der Waals surface area contributed by atoms with Crippen LogP contribution in [0.4, 0.5) is 0 Å². The summed E-state index contributed by atoms with van der Waals surface area (Å²) in [6.07, 6.45) is -1.21. The second-order valence-electron chi connectivity index (χ2n) is 7.96. The predicted molar refractivity (Wildman–Crippen MR) is 125 cm³/mol. The van der Waals surface area contributed by atoms with Crippen LogP contribution in [-0.4, -0.2) is 51.5 Å². The van der Waals surface area contributed by atoms with E-state index >= 15 is 0 Å². The molecule has 0 amide bonds. The molecule has 4 rings (SSSR count). The molecule has 1 saturated heterocycles. The van der Waals surface area contributed by atoms with Crippen LogP contribution >= 0.6 is 0 Å². The van der Waals surface area contributed by atoms with Gasteiger partial charge in [0, 0.05) is 13.5 Å². The van der Waals surface area contributed by atoms with E-state index in [2.05, 4.69) is 0 Å². The average molecular weight is 451 g/mol. The topological polar surface area (TPSA) is 66.4 Å². The molecule has 1 heterocycles. The average Bonchev–Trinajstić information content (AvgIpc) is 3.25. The third kappa shape index (κ3) is 4.75. The fraction of sp³-hybridized carbons (Fsp3) is 0.333. The second kappa shape index (κ2) is 10.4. The van der Waals surface area contributed by atoms with E-state index in [1.165, 1.54) is 0 Å². The summed E-state index contributed by atoms with van der Waals surface area (Å²) in [6.45, 7) is 0.175. The van der Waals surface area contributed by atoms with Gasteiger partial charge in [-0.1, -0.05) is 54.6 Å². The fourth-order valence-corrected chi connectivity index (χ4v) is 4.27. The molecule has 0 aromatic heterocycles. The zero-order valence-corrected chi connectivity index (χ0v) is 19.1. The van der Waals surface area contributed by atoms with Crippen molar-refractivity contribution in [2.24, 2.45) is 0 Å². The van der Waals surface area contributed by atoms with E-state index in [9.17, 15) is 5.11 Å². The smallest absolute Gasteiger partial charge is 0.160 e. The summed E-state index contributed by atoms with van der Waals surface area (Å²) in [6, 6.07) is 25.7. The number of aliphatic hydroxyl groups excluding tert-OH is 1. The van der Waals surface area contributed by atoms with E-state index in [0.717, 1.165) is 28.2 Å². The van der Waals surface area contributed by atoms with E-state index in [1.54, 1.807) is 21.3 Å². The first kappa shape index (κ1) is 23.3. The second-order valence-corrected chi connectivity index (χ2v) is 7.96. The van der Waals surface area contributed by atoms with Crippen molar-refractivity contribution in [3.8, 4) is 11.5 Å². The summed E-state index contributed by atoms with van der Waals surface area (Å²) in [4.78, 5) is 0. The Hall–Kier alpha value is -2.90. The minimum atomic E-state index is -0.950. The quantitative estimate of drug-likeness (QED) is 0.495. The van der Waals surface area contributed by atoms with Crippen LogP contribution in [0.3, 0.4) is 0 Å². The molecule has 0 saturated carbocycles. The Morgan fingerprint density at radius 2 is 1.30 bits per heavy atom. The summed E-state index contributed by atoms with van der Waals surface area (Å²) in [5, 5.41) is 10.5. The monoisotopic (exact) mass is 450 g/mol. The van der Waals surface area contributed by atoms with Gasteiger partial charge in [-0.3, -0.25) is 0 Å². The van der Waals surface area contributed by atoms with Crippen molar-refractivity contribution in [1.82, 2.24) is 0 Å². The molecule has 1 N–H and O–H groups in total. The van der Waals surface area contributed by atoms with Crippen molar-refractivity contribution in [3.05, 3.63) is 95.6 Å². The van der Waals surface area contributed by atoms with Crippen LogP contribution in [0.2, 0.25) is 0 Å². The number of ether oxygens (including phenoxy) is 5. The van der Waals surface area contributed by atoms with Gasteiger partial charge in [-0.25, -0.2) is 0 Å². The lowest BCUT2D eigenvalue weighted by Gasteiger charge is -2.37. The van der Waals surface area contributed by atoms with Gasteiger partial charge in [0.25, 0.3) is 0 Å². The van der Waals surface area contributed by atoms with Crippen LogP contribution in [0.25, 0.3) is 0 Å². The molecule has 1 aliphatic heterocycles. The molecule has 6 nitrogen and oxygen atoms in total. The molecule has 174 valence electrons. The first-order valence-corrected chi connectivity index (χ1v) is 11.0. The Morgan fingerprint density at radius 1 is 0.788 bits per heavy atom. The van der Waals surface area contributed by atoms with Gasteiger partial charge in [-0.05, 0) is 41.0 Å². The van der Waals surface area contributed by atoms with Crippen LogP contribution in [0.1, 0.15) is 23.1 Å². The summed E-state index contributed by atoms with van der Waals surface area (Å²) < 4.78 is 28.7. The Balaban J connectivity index is 1.81. The first-order chi connectivity index (χ1) is 16.1. The number of aliphatic hydroxyl groups is 1. The minimum Gasteiger partial charge on any atom is -0.497 e. The lowest BCUT2D eigenvalue weighted by molar-refractivity contribution is -0.144. The van der Waals surface area contributed by atoms with Crippen molar-refractivity contribution >= 4 is 0 Å². The van der Waals surface area contributed by atoms with Gasteiger partial charge in [0.15, 0.2) is 6.29 Å². The molecule has 0 unspecified atom stereocenters. The highest BCUT2D eigenvalue weighted by Gasteiger charge is 2.41. The van der Waals surface area contributed by atoms with E-state index < -0.39 is 24.1 Å². The van der Waals surface area contributed by atoms with Gasteiger partial charge < -0.3 is 28.8 Å². The molecule has 1 fully saturated rings. The molecule has 6 heteroatoms. The molecule has 0 bridgehead atoms. The summed E-state index contributed by atoms with van der Waals surface area (Å²) in [5.41, 5.74) is 1.86. The minimum absolute atomic E-state index is 0.175. The van der Waals surface area contributed by atoms with Crippen LogP contribution < -0.4 is 9.47 Å². The van der Waals surface area contributed by atoms with Crippen molar-refractivity contribution < 1.29 is 28.8 Å². The molecule has 3 atom stereocenters. The fourth-order valence-electron chi connectivity index (χ4n) is 4.27. The lowest BCUT2D eigenvalue weighted by Crippen LogP contribution is -2.38. The van der Waals surface area contributed by atoms with Crippen LogP contribution in [-0.2, 0) is 19.8 Å². The Labute approximate surface area is 194 Å². The highest BCUT2D eigenvalue weighted by Crippen LogP contribution is 2.42. The third-order valence-corrected chi connectivity index (χ3v) is 6.09. The zero-order valence-electron chi connectivity index (χ0n) is 19.1. The Morgan fingerprint density at radius 3 is 1.76 bits per heavy atom. The number of benzene rings is 3. The normalized spacial score (nSPS) is 20.5. The van der Waals surface area contributed by atoms with E-state index in [-0.39, 0.29) is 6.61 Å². The van der Waals surface area contributed by atoms with Crippen molar-refractivity contribution in [2.75, 3.05) is 27.9 Å². The number of methoxy groups -OCH3 is 3. The van der Waals surface area contributed by atoms with Gasteiger partial charge in [-0.2, -0.15) is 0 Å². The summed E-state index contributed by atoms with van der Waals surface area (Å²) in [7, 11) is 4.86. The SMILES string of the molecule is COc1ccc(C(OC[C@H]2O[C@@H](OC)C[C@@H]2O)(c2ccccc2)c2ccc(OC)cc2)cc1. The van der Waals surface area contributed by atoms with Crippen LogP contribution in [0, 0.1) is 0 Å². The summed E-state index contributed by atoms with van der Waals surface area (Å²) >= 11 is 0. The largest absolute Gasteiger partial charge is 0.497 e. The van der Waals surface area contributed by atoms with Crippen LogP contribution in [0.15, 0.2) is 78.9 Å². The van der Waals surface area contributed by atoms with Crippen LogP contribution in [0.5, 0.6) is 11.5 Å². The zero-order chi connectivity index (χ0) is 23.3. The Kier molecular flexibility index (Phi) is 7.30. The highest BCUT2D eigenvalue weighted by atomic mass is 16.7. The number of rotatable bonds is 9. The van der Waals surface area contributed by atoms with Gasteiger partial charge in [0.2, 0.25) is 0 Å². The summed E-state index contributed by atoms with van der Waals surface area (Å²) in [5.74, 6) is 1.51. The maximum absolute atomic E-state index is 10.5. The first-order valence-electron chi connectivity index (χ1n) is 11.0. The van der Waals surface area contributed by atoms with E-state index in [4.69, 9.17) is 23.7 Å². The third-order valence-electron chi connectivity index (χ3n) is 6.09. The molecule has 33 heavy (non-hydrogen) atoms. The highest BCUT2D eigenvalue weighted by molar-refractivity contribution is 5.49. The van der Waals surface area contributed by atoms with Crippen molar-refractivity contribution in [1.29, 1.82) is 0 Å². The van der Waals surface area contributed by atoms with Crippen molar-refractivity contribution in [2.45, 2.75) is 30.5 Å². The molecule has 3 aromatic rings. The van der Waals surface area contributed by atoms with Gasteiger partial charge in [0.05, 0.1) is 26.9 Å². The molecular formula is C27H30O6. The lowest BCUT2D eigenvalue weighted by atomic mass is 9.80. The Bertz CT molecular complexity index is 956. The maximum Gasteiger partial charge on any atom is 0.160 e. The van der Waals surface area contributed by atoms with Gasteiger partial charge in [0.1, 0.15) is 23.2 Å².